The van der Waals surface area contributed by atoms with Crippen molar-refractivity contribution in [2.45, 2.75) is 20.0 Å². The van der Waals surface area contributed by atoms with E-state index in [1.165, 1.54) is 17.3 Å². The Hall–Kier alpha value is -1.59. The number of aromatic nitrogens is 3. The van der Waals surface area contributed by atoms with Gasteiger partial charge < -0.3 is 9.88 Å². The second-order valence-electron chi connectivity index (χ2n) is 4.26. The Kier molecular flexibility index (Phi) is 3.40. The molecule has 0 saturated heterocycles. The first kappa shape index (κ1) is 12.4. The van der Waals surface area contributed by atoms with Gasteiger partial charge in [0.05, 0.1) is 22.4 Å². The molecule has 3 rings (SSSR count). The molecule has 98 valence electrons. The third kappa shape index (κ3) is 2.43. The lowest BCUT2D eigenvalue weighted by Crippen LogP contribution is -2.00. The van der Waals surface area contributed by atoms with Crippen LogP contribution in [0.3, 0.4) is 0 Å². The van der Waals surface area contributed by atoms with Gasteiger partial charge in [0.1, 0.15) is 11.0 Å². The summed E-state index contributed by atoms with van der Waals surface area (Å²) >= 11 is 7.43. The third-order valence-corrected chi connectivity index (χ3v) is 3.88. The lowest BCUT2D eigenvalue weighted by Gasteiger charge is -2.07. The fourth-order valence-electron chi connectivity index (χ4n) is 1.98. The van der Waals surface area contributed by atoms with Crippen molar-refractivity contribution in [1.29, 1.82) is 0 Å². The van der Waals surface area contributed by atoms with Gasteiger partial charge in [0.2, 0.25) is 0 Å². The Labute approximate surface area is 120 Å². The quantitative estimate of drug-likeness (QED) is 0.796. The highest BCUT2D eigenvalue weighted by molar-refractivity contribution is 7.00. The topological polar surface area (TPSA) is 42.7 Å². The standard InChI is InChI=1S/C13H13ClN4S/c1-2-18-6-5-9(8-18)7-15-12-10(14)3-4-11-13(12)17-19-16-11/h3-6,8,15H,2,7H2,1H3. The molecule has 1 aromatic carbocycles. The van der Waals surface area contributed by atoms with Crippen molar-refractivity contribution in [3.8, 4) is 0 Å². The number of nitrogens with one attached hydrogen (secondary N) is 1. The minimum Gasteiger partial charge on any atom is -0.378 e. The summed E-state index contributed by atoms with van der Waals surface area (Å²) in [4.78, 5) is 0. The van der Waals surface area contributed by atoms with Crippen LogP contribution in [0, 0.1) is 0 Å². The largest absolute Gasteiger partial charge is 0.378 e. The molecule has 0 aliphatic carbocycles. The first-order valence-electron chi connectivity index (χ1n) is 6.07. The second-order valence-corrected chi connectivity index (χ2v) is 5.19. The van der Waals surface area contributed by atoms with E-state index in [1.54, 1.807) is 0 Å². The molecule has 19 heavy (non-hydrogen) atoms. The molecule has 0 unspecified atom stereocenters. The minimum atomic E-state index is 0.676. The van der Waals surface area contributed by atoms with Gasteiger partial charge >= 0.3 is 0 Å². The molecule has 0 fully saturated rings. The average molecular weight is 293 g/mol. The zero-order chi connectivity index (χ0) is 13.2. The number of hydrogen-bond donors (Lipinski definition) is 1. The first-order valence-corrected chi connectivity index (χ1v) is 7.18. The van der Waals surface area contributed by atoms with Crippen LogP contribution in [0.25, 0.3) is 11.0 Å². The van der Waals surface area contributed by atoms with Gasteiger partial charge in [0, 0.05) is 25.5 Å². The number of anilines is 1. The number of nitrogens with zero attached hydrogens (tertiary/aromatic N) is 3. The molecule has 0 bridgehead atoms. The number of hydrogen-bond acceptors (Lipinski definition) is 4. The molecule has 0 atom stereocenters. The SMILES string of the molecule is CCn1ccc(CNc2c(Cl)ccc3nsnc23)c1. The van der Waals surface area contributed by atoms with Crippen LogP contribution in [0.5, 0.6) is 0 Å². The predicted molar refractivity (Wildman–Crippen MR) is 79.9 cm³/mol. The summed E-state index contributed by atoms with van der Waals surface area (Å²) in [5.41, 5.74) is 3.80. The van der Waals surface area contributed by atoms with E-state index in [9.17, 15) is 0 Å². The Balaban J connectivity index is 1.84. The molecule has 1 N–H and O–H groups in total. The van der Waals surface area contributed by atoms with Crippen molar-refractivity contribution in [2.24, 2.45) is 0 Å². The highest BCUT2D eigenvalue weighted by atomic mass is 35.5. The van der Waals surface area contributed by atoms with E-state index in [4.69, 9.17) is 11.6 Å². The van der Waals surface area contributed by atoms with E-state index in [0.717, 1.165) is 29.8 Å². The van der Waals surface area contributed by atoms with E-state index >= 15 is 0 Å². The summed E-state index contributed by atoms with van der Waals surface area (Å²) in [5.74, 6) is 0. The van der Waals surface area contributed by atoms with Gasteiger partial charge in [-0.3, -0.25) is 0 Å². The van der Waals surface area contributed by atoms with Crippen LogP contribution in [-0.4, -0.2) is 13.3 Å². The minimum absolute atomic E-state index is 0.676. The average Bonchev–Trinajstić information content (AvgIpc) is 3.05. The van der Waals surface area contributed by atoms with Gasteiger partial charge in [-0.1, -0.05) is 11.6 Å². The van der Waals surface area contributed by atoms with Crippen molar-refractivity contribution in [3.05, 3.63) is 41.2 Å². The Morgan fingerprint density at radius 1 is 1.32 bits per heavy atom. The molecule has 0 amide bonds. The predicted octanol–water partition coefficient (Wildman–Crippen LogP) is 3.78. The summed E-state index contributed by atoms with van der Waals surface area (Å²) in [6.45, 7) is 3.82. The number of benzene rings is 1. The highest BCUT2D eigenvalue weighted by Crippen LogP contribution is 2.30. The number of aryl methyl sites for hydroxylation is 1. The molecule has 0 saturated carbocycles. The van der Waals surface area contributed by atoms with Gasteiger partial charge in [-0.2, -0.15) is 8.75 Å². The molecular weight excluding hydrogens is 280 g/mol. The summed E-state index contributed by atoms with van der Waals surface area (Å²) in [6.07, 6.45) is 4.20. The number of fused-ring (bicyclic) bond motifs is 1. The highest BCUT2D eigenvalue weighted by Gasteiger charge is 2.09. The van der Waals surface area contributed by atoms with Gasteiger partial charge in [-0.25, -0.2) is 0 Å². The van der Waals surface area contributed by atoms with Gasteiger partial charge in [0.25, 0.3) is 0 Å². The summed E-state index contributed by atoms with van der Waals surface area (Å²) in [6, 6.07) is 5.84. The van der Waals surface area contributed by atoms with Crippen LogP contribution >= 0.6 is 23.3 Å². The number of rotatable bonds is 4. The van der Waals surface area contributed by atoms with E-state index in [1.807, 2.05) is 12.1 Å². The van der Waals surface area contributed by atoms with Crippen molar-refractivity contribution in [3.63, 3.8) is 0 Å². The zero-order valence-electron chi connectivity index (χ0n) is 10.4. The molecule has 0 radical (unpaired) electrons. The zero-order valence-corrected chi connectivity index (χ0v) is 12.0. The summed E-state index contributed by atoms with van der Waals surface area (Å²) in [7, 11) is 0. The lowest BCUT2D eigenvalue weighted by atomic mass is 10.2. The Morgan fingerprint density at radius 3 is 3.00 bits per heavy atom. The monoisotopic (exact) mass is 292 g/mol. The van der Waals surface area contributed by atoms with Gasteiger partial charge in [-0.15, -0.1) is 0 Å². The first-order chi connectivity index (χ1) is 9.28. The van der Waals surface area contributed by atoms with Crippen molar-refractivity contribution < 1.29 is 0 Å². The third-order valence-electron chi connectivity index (χ3n) is 3.02. The number of halogens is 1. The molecule has 0 aliphatic heterocycles. The van der Waals surface area contributed by atoms with Gasteiger partial charge in [-0.05, 0) is 30.7 Å². The van der Waals surface area contributed by atoms with Crippen LogP contribution in [-0.2, 0) is 13.1 Å². The summed E-state index contributed by atoms with van der Waals surface area (Å²) < 4.78 is 10.7. The maximum atomic E-state index is 6.23. The fraction of sp³-hybridized carbons (Fsp3) is 0.231. The van der Waals surface area contributed by atoms with Crippen molar-refractivity contribution in [2.75, 3.05) is 5.32 Å². The van der Waals surface area contributed by atoms with Crippen LogP contribution in [0.4, 0.5) is 5.69 Å². The van der Waals surface area contributed by atoms with E-state index in [0.29, 0.717) is 5.02 Å². The van der Waals surface area contributed by atoms with Crippen LogP contribution in [0.2, 0.25) is 5.02 Å². The smallest absolute Gasteiger partial charge is 0.129 e. The molecule has 0 aliphatic rings. The molecule has 3 aromatic rings. The van der Waals surface area contributed by atoms with E-state index in [2.05, 4.69) is 44.0 Å². The molecule has 2 aromatic heterocycles. The normalized spacial score (nSPS) is 11.1. The maximum absolute atomic E-state index is 6.23. The van der Waals surface area contributed by atoms with E-state index in [-0.39, 0.29) is 0 Å². The van der Waals surface area contributed by atoms with E-state index < -0.39 is 0 Å². The molecule has 4 nitrogen and oxygen atoms in total. The van der Waals surface area contributed by atoms with Gasteiger partial charge in [0.15, 0.2) is 0 Å². The molecule has 0 spiro atoms. The van der Waals surface area contributed by atoms with Crippen LogP contribution < -0.4 is 5.32 Å². The maximum Gasteiger partial charge on any atom is 0.129 e. The molecule has 2 heterocycles. The summed E-state index contributed by atoms with van der Waals surface area (Å²) in [5, 5.41) is 4.03. The van der Waals surface area contributed by atoms with Crippen LogP contribution in [0.1, 0.15) is 12.5 Å². The Morgan fingerprint density at radius 2 is 2.21 bits per heavy atom. The Bertz CT molecular complexity index is 704. The molecule has 6 heteroatoms. The molecular formula is C13H13ClN4S. The van der Waals surface area contributed by atoms with Crippen molar-refractivity contribution >= 4 is 40.0 Å². The van der Waals surface area contributed by atoms with Crippen LogP contribution in [0.15, 0.2) is 30.6 Å². The fourth-order valence-corrected chi connectivity index (χ4v) is 2.74. The lowest BCUT2D eigenvalue weighted by molar-refractivity contribution is 0.766. The second kappa shape index (κ2) is 5.19. The van der Waals surface area contributed by atoms with Crippen molar-refractivity contribution in [1.82, 2.24) is 13.3 Å².